The zero-order valence-electron chi connectivity index (χ0n) is 12.5. The zero-order chi connectivity index (χ0) is 15.1. The maximum absolute atomic E-state index is 8.81. The van der Waals surface area contributed by atoms with Gasteiger partial charge >= 0.3 is 0 Å². The lowest BCUT2D eigenvalue weighted by molar-refractivity contribution is 0.322. The fourth-order valence-corrected chi connectivity index (χ4v) is 2.82. The van der Waals surface area contributed by atoms with Gasteiger partial charge in [-0.3, -0.25) is 4.68 Å². The van der Waals surface area contributed by atoms with Crippen LogP contribution in [0.2, 0.25) is 0 Å². The van der Waals surface area contributed by atoms with Crippen LogP contribution in [0.1, 0.15) is 23.7 Å². The monoisotopic (exact) mass is 306 g/mol. The first-order valence-corrected chi connectivity index (χ1v) is 8.27. The number of aryl methyl sites for hydroxylation is 2. The summed E-state index contributed by atoms with van der Waals surface area (Å²) < 4.78 is 1.85. The van der Waals surface area contributed by atoms with Gasteiger partial charge in [-0.2, -0.15) is 16.9 Å². The fourth-order valence-electron chi connectivity index (χ4n) is 2.13. The molecule has 0 aliphatic carbocycles. The number of aromatic nitrogens is 3. The van der Waals surface area contributed by atoms with Gasteiger partial charge in [0.1, 0.15) is 5.82 Å². The molecule has 0 bridgehead atoms. The SMILES string of the molecule is CCc1nn(C)cc1CNc1cc(CSCCO)ccn1. The molecular formula is C15H22N4OS. The van der Waals surface area contributed by atoms with Gasteiger partial charge in [0.25, 0.3) is 0 Å². The first-order valence-electron chi connectivity index (χ1n) is 7.11. The molecule has 0 spiro atoms. The van der Waals surface area contributed by atoms with Crippen molar-refractivity contribution in [3.8, 4) is 0 Å². The van der Waals surface area contributed by atoms with E-state index >= 15 is 0 Å². The average molecular weight is 306 g/mol. The van der Waals surface area contributed by atoms with Crippen LogP contribution in [-0.2, 0) is 25.8 Å². The summed E-state index contributed by atoms with van der Waals surface area (Å²) in [6.45, 7) is 3.07. The first kappa shape index (κ1) is 15.9. The van der Waals surface area contributed by atoms with Crippen molar-refractivity contribution >= 4 is 17.6 Å². The van der Waals surface area contributed by atoms with Crippen molar-refractivity contribution in [3.63, 3.8) is 0 Å². The second-order valence-electron chi connectivity index (χ2n) is 4.81. The van der Waals surface area contributed by atoms with E-state index in [1.165, 1.54) is 11.1 Å². The molecule has 5 nitrogen and oxygen atoms in total. The van der Waals surface area contributed by atoms with Crippen LogP contribution in [0.3, 0.4) is 0 Å². The Morgan fingerprint density at radius 1 is 1.43 bits per heavy atom. The number of nitrogens with one attached hydrogen (secondary N) is 1. The van der Waals surface area contributed by atoms with Crippen LogP contribution in [-0.4, -0.2) is 32.2 Å². The smallest absolute Gasteiger partial charge is 0.126 e. The highest BCUT2D eigenvalue weighted by atomic mass is 32.2. The van der Waals surface area contributed by atoms with Crippen LogP contribution < -0.4 is 5.32 Å². The molecule has 0 aliphatic rings. The van der Waals surface area contributed by atoms with Crippen LogP contribution in [0.4, 0.5) is 5.82 Å². The van der Waals surface area contributed by atoms with E-state index in [0.717, 1.165) is 36.0 Å². The molecular weight excluding hydrogens is 284 g/mol. The Kier molecular flexibility index (Phi) is 6.07. The van der Waals surface area contributed by atoms with E-state index in [1.54, 1.807) is 11.8 Å². The number of pyridine rings is 1. The maximum Gasteiger partial charge on any atom is 0.126 e. The van der Waals surface area contributed by atoms with E-state index in [2.05, 4.69) is 28.4 Å². The fraction of sp³-hybridized carbons (Fsp3) is 0.467. The van der Waals surface area contributed by atoms with Gasteiger partial charge in [-0.05, 0) is 24.1 Å². The Balaban J connectivity index is 1.94. The Morgan fingerprint density at radius 3 is 3.05 bits per heavy atom. The van der Waals surface area contributed by atoms with Gasteiger partial charge in [-0.15, -0.1) is 0 Å². The number of aliphatic hydroxyl groups excluding tert-OH is 1. The van der Waals surface area contributed by atoms with E-state index < -0.39 is 0 Å². The third kappa shape index (κ3) is 4.75. The molecule has 0 atom stereocenters. The molecule has 21 heavy (non-hydrogen) atoms. The molecule has 6 heteroatoms. The second kappa shape index (κ2) is 8.05. The van der Waals surface area contributed by atoms with Crippen molar-refractivity contribution in [2.75, 3.05) is 17.7 Å². The molecule has 0 radical (unpaired) electrons. The average Bonchev–Trinajstić information content (AvgIpc) is 2.86. The largest absolute Gasteiger partial charge is 0.396 e. The Hall–Kier alpha value is -1.53. The van der Waals surface area contributed by atoms with Gasteiger partial charge in [-0.25, -0.2) is 4.98 Å². The number of hydrogen-bond donors (Lipinski definition) is 2. The van der Waals surface area contributed by atoms with Crippen molar-refractivity contribution in [2.45, 2.75) is 25.6 Å². The number of rotatable bonds is 8. The third-order valence-electron chi connectivity index (χ3n) is 3.12. The van der Waals surface area contributed by atoms with Gasteiger partial charge in [0.2, 0.25) is 0 Å². The predicted molar refractivity (Wildman–Crippen MR) is 87.4 cm³/mol. The zero-order valence-corrected chi connectivity index (χ0v) is 13.4. The third-order valence-corrected chi connectivity index (χ3v) is 4.12. The lowest BCUT2D eigenvalue weighted by Gasteiger charge is -2.07. The molecule has 0 aliphatic heterocycles. The summed E-state index contributed by atoms with van der Waals surface area (Å²) in [6, 6.07) is 4.07. The lowest BCUT2D eigenvalue weighted by atomic mass is 10.2. The van der Waals surface area contributed by atoms with Crippen molar-refractivity contribution in [1.82, 2.24) is 14.8 Å². The molecule has 114 valence electrons. The summed E-state index contributed by atoms with van der Waals surface area (Å²) in [7, 11) is 1.94. The van der Waals surface area contributed by atoms with E-state index in [1.807, 2.05) is 30.2 Å². The number of thioether (sulfide) groups is 1. The molecule has 0 fully saturated rings. The quantitative estimate of drug-likeness (QED) is 0.732. The summed E-state index contributed by atoms with van der Waals surface area (Å²) in [5.74, 6) is 2.54. The van der Waals surface area contributed by atoms with Crippen LogP contribution in [0.5, 0.6) is 0 Å². The molecule has 0 amide bonds. The Morgan fingerprint density at radius 2 is 2.29 bits per heavy atom. The summed E-state index contributed by atoms with van der Waals surface area (Å²) in [5.41, 5.74) is 3.55. The van der Waals surface area contributed by atoms with Gasteiger partial charge in [-0.1, -0.05) is 6.92 Å². The molecule has 2 aromatic heterocycles. The van der Waals surface area contributed by atoms with Crippen molar-refractivity contribution < 1.29 is 5.11 Å². The number of aliphatic hydroxyl groups is 1. The molecule has 0 aromatic carbocycles. The van der Waals surface area contributed by atoms with Crippen LogP contribution in [0.25, 0.3) is 0 Å². The van der Waals surface area contributed by atoms with E-state index in [-0.39, 0.29) is 6.61 Å². The minimum Gasteiger partial charge on any atom is -0.396 e. The highest BCUT2D eigenvalue weighted by Crippen LogP contribution is 2.15. The van der Waals surface area contributed by atoms with Crippen molar-refractivity contribution in [1.29, 1.82) is 0 Å². The van der Waals surface area contributed by atoms with Crippen LogP contribution in [0.15, 0.2) is 24.5 Å². The molecule has 2 rings (SSSR count). The second-order valence-corrected chi connectivity index (χ2v) is 5.91. The van der Waals surface area contributed by atoms with E-state index in [0.29, 0.717) is 0 Å². The lowest BCUT2D eigenvalue weighted by Crippen LogP contribution is -2.03. The molecule has 0 saturated carbocycles. The van der Waals surface area contributed by atoms with Gasteiger partial charge < -0.3 is 10.4 Å². The minimum atomic E-state index is 0.224. The van der Waals surface area contributed by atoms with E-state index in [4.69, 9.17) is 5.11 Å². The minimum absolute atomic E-state index is 0.224. The topological polar surface area (TPSA) is 63.0 Å². The standard InChI is InChI=1S/C15H22N4OS/c1-3-14-13(10-19(2)18-14)9-17-15-8-12(4-5-16-15)11-21-7-6-20/h4-5,8,10,20H,3,6-7,9,11H2,1-2H3,(H,16,17). The highest BCUT2D eigenvalue weighted by molar-refractivity contribution is 7.98. The summed E-state index contributed by atoms with van der Waals surface area (Å²) in [4.78, 5) is 4.35. The van der Waals surface area contributed by atoms with Crippen LogP contribution in [0, 0.1) is 0 Å². The maximum atomic E-state index is 8.81. The van der Waals surface area contributed by atoms with Gasteiger partial charge in [0.15, 0.2) is 0 Å². The summed E-state index contributed by atoms with van der Waals surface area (Å²) in [6.07, 6.45) is 4.80. The molecule has 2 N–H and O–H groups in total. The highest BCUT2D eigenvalue weighted by Gasteiger charge is 2.06. The number of nitrogens with zero attached hydrogens (tertiary/aromatic N) is 3. The van der Waals surface area contributed by atoms with Crippen molar-refractivity contribution in [2.24, 2.45) is 7.05 Å². The first-order chi connectivity index (χ1) is 10.2. The predicted octanol–water partition coefficient (Wildman–Crippen LogP) is 2.22. The molecule has 2 heterocycles. The molecule has 0 unspecified atom stereocenters. The number of anilines is 1. The van der Waals surface area contributed by atoms with Gasteiger partial charge in [0, 0.05) is 43.1 Å². The molecule has 0 saturated heterocycles. The van der Waals surface area contributed by atoms with Crippen LogP contribution >= 0.6 is 11.8 Å². The summed E-state index contributed by atoms with van der Waals surface area (Å²) in [5, 5.41) is 16.6. The Bertz CT molecular complexity index is 571. The van der Waals surface area contributed by atoms with E-state index in [9.17, 15) is 0 Å². The summed E-state index contributed by atoms with van der Waals surface area (Å²) >= 11 is 1.72. The number of hydrogen-bond acceptors (Lipinski definition) is 5. The normalized spacial score (nSPS) is 10.8. The van der Waals surface area contributed by atoms with Gasteiger partial charge in [0.05, 0.1) is 12.3 Å². The Labute approximate surface area is 129 Å². The molecule has 2 aromatic rings. The van der Waals surface area contributed by atoms with Crippen molar-refractivity contribution in [3.05, 3.63) is 41.3 Å².